The quantitative estimate of drug-likeness (QED) is 0.520. The largest absolute Gasteiger partial charge is 1.00 e. The van der Waals surface area contributed by atoms with Crippen molar-refractivity contribution in [1.29, 1.82) is 0 Å². The van der Waals surface area contributed by atoms with E-state index in [-0.39, 0.29) is 23.6 Å². The molecule has 22 heavy (non-hydrogen) atoms. The molecule has 122 valence electrons. The number of aliphatic hydroxyl groups excluding tert-OH is 1. The summed E-state index contributed by atoms with van der Waals surface area (Å²) in [6, 6.07) is 10.4. The molecule has 0 bridgehead atoms. The third-order valence-corrected chi connectivity index (χ3v) is 3.62. The molecule has 0 aliphatic carbocycles. The van der Waals surface area contributed by atoms with E-state index in [1.165, 1.54) is 5.56 Å². The number of benzene rings is 1. The zero-order valence-corrected chi connectivity index (χ0v) is 15.3. The van der Waals surface area contributed by atoms with Crippen LogP contribution in [0.25, 0.3) is 6.08 Å². The summed E-state index contributed by atoms with van der Waals surface area (Å²) < 4.78 is 0.989. The first-order valence-electron chi connectivity index (χ1n) is 7.89. The molecule has 0 heterocycles. The second kappa shape index (κ2) is 12.5. The summed E-state index contributed by atoms with van der Waals surface area (Å²) in [6.07, 6.45) is 6.76. The van der Waals surface area contributed by atoms with Crippen LogP contribution >= 0.6 is 0 Å². The van der Waals surface area contributed by atoms with Crippen molar-refractivity contribution in [1.82, 2.24) is 0 Å². The maximum Gasteiger partial charge on any atom is 0.141 e. The molecule has 1 aromatic carbocycles. The highest BCUT2D eigenvalue weighted by atomic mass is 79.9. The van der Waals surface area contributed by atoms with Crippen LogP contribution in [0.5, 0.6) is 0 Å². The third-order valence-electron chi connectivity index (χ3n) is 3.62. The lowest BCUT2D eigenvalue weighted by atomic mass is 10.2. The van der Waals surface area contributed by atoms with Crippen molar-refractivity contribution in [2.45, 2.75) is 26.7 Å². The predicted molar refractivity (Wildman–Crippen MR) is 90.6 cm³/mol. The SMILES string of the molecule is CCC[N+](CC#CCO)(CC=Cc1ccccc1)CCC.[Br-]. The third kappa shape index (κ3) is 7.79. The Bertz CT molecular complexity index is 467. The average molecular weight is 366 g/mol. The van der Waals surface area contributed by atoms with Crippen molar-refractivity contribution >= 4 is 6.08 Å². The first kappa shape index (κ1) is 20.9. The minimum atomic E-state index is -0.0435. The zero-order chi connectivity index (χ0) is 15.4. The molecule has 1 N–H and O–H groups in total. The van der Waals surface area contributed by atoms with E-state index < -0.39 is 0 Å². The van der Waals surface area contributed by atoms with Crippen molar-refractivity contribution < 1.29 is 26.6 Å². The Balaban J connectivity index is 0.00000441. The Morgan fingerprint density at radius 3 is 2.23 bits per heavy atom. The van der Waals surface area contributed by atoms with Gasteiger partial charge in [-0.2, -0.15) is 0 Å². The van der Waals surface area contributed by atoms with Gasteiger partial charge in [0.1, 0.15) is 13.2 Å². The monoisotopic (exact) mass is 365 g/mol. The number of hydrogen-bond donors (Lipinski definition) is 1. The lowest BCUT2D eigenvalue weighted by Crippen LogP contribution is -3.00. The summed E-state index contributed by atoms with van der Waals surface area (Å²) in [5.74, 6) is 5.93. The van der Waals surface area contributed by atoms with Gasteiger partial charge in [0, 0.05) is 0 Å². The van der Waals surface area contributed by atoms with Gasteiger partial charge in [0.15, 0.2) is 0 Å². The van der Waals surface area contributed by atoms with E-state index in [9.17, 15) is 0 Å². The molecule has 0 amide bonds. The van der Waals surface area contributed by atoms with Crippen LogP contribution in [-0.2, 0) is 0 Å². The molecule has 0 aromatic heterocycles. The topological polar surface area (TPSA) is 20.2 Å². The second-order valence-electron chi connectivity index (χ2n) is 5.45. The smallest absolute Gasteiger partial charge is 0.141 e. The normalized spacial score (nSPS) is 10.9. The molecule has 0 fully saturated rings. The van der Waals surface area contributed by atoms with Gasteiger partial charge in [-0.05, 0) is 30.4 Å². The van der Waals surface area contributed by atoms with E-state index in [4.69, 9.17) is 5.11 Å². The summed E-state index contributed by atoms with van der Waals surface area (Å²) in [6.45, 7) is 8.49. The summed E-state index contributed by atoms with van der Waals surface area (Å²) in [5, 5.41) is 8.85. The van der Waals surface area contributed by atoms with Crippen LogP contribution < -0.4 is 17.0 Å². The molecule has 0 aliphatic rings. The highest BCUT2D eigenvalue weighted by Crippen LogP contribution is 2.11. The maximum absolute atomic E-state index is 8.85. The summed E-state index contributed by atoms with van der Waals surface area (Å²) in [5.41, 5.74) is 1.24. The molecule has 0 atom stereocenters. The molecule has 0 saturated carbocycles. The minimum Gasteiger partial charge on any atom is -1.00 e. The van der Waals surface area contributed by atoms with Gasteiger partial charge in [0.2, 0.25) is 0 Å². The second-order valence-corrected chi connectivity index (χ2v) is 5.45. The lowest BCUT2D eigenvalue weighted by molar-refractivity contribution is -0.916. The van der Waals surface area contributed by atoms with Crippen LogP contribution in [0.15, 0.2) is 36.4 Å². The van der Waals surface area contributed by atoms with Gasteiger partial charge in [-0.25, -0.2) is 0 Å². The average Bonchev–Trinajstić information content (AvgIpc) is 2.49. The van der Waals surface area contributed by atoms with Crippen LogP contribution in [-0.4, -0.2) is 42.4 Å². The molecule has 3 heteroatoms. The first-order chi connectivity index (χ1) is 10.3. The van der Waals surface area contributed by atoms with Crippen molar-refractivity contribution in [3.05, 3.63) is 42.0 Å². The molecule has 1 aromatic rings. The highest BCUT2D eigenvalue weighted by molar-refractivity contribution is 5.48. The van der Waals surface area contributed by atoms with Crippen molar-refractivity contribution in [3.63, 3.8) is 0 Å². The van der Waals surface area contributed by atoms with Gasteiger partial charge in [-0.15, -0.1) is 0 Å². The standard InChI is InChI=1S/C19H28NO.BrH/c1-3-14-20(15-4-2,16-8-9-18-21)17-10-13-19-11-6-5-7-12-19;/h5-7,10-13,21H,3-4,14-18H2,1-2H3;1H/q+1;/p-1. The van der Waals surface area contributed by atoms with Gasteiger partial charge >= 0.3 is 0 Å². The van der Waals surface area contributed by atoms with Crippen LogP contribution in [0, 0.1) is 11.8 Å². The summed E-state index contributed by atoms with van der Waals surface area (Å²) in [7, 11) is 0. The molecule has 0 saturated heterocycles. The molecule has 0 spiro atoms. The Morgan fingerprint density at radius 2 is 1.68 bits per heavy atom. The number of halogens is 1. The fraction of sp³-hybridized carbons (Fsp3) is 0.474. The zero-order valence-electron chi connectivity index (χ0n) is 13.8. The van der Waals surface area contributed by atoms with Crippen LogP contribution in [0.2, 0.25) is 0 Å². The van der Waals surface area contributed by atoms with Crippen molar-refractivity contribution in [3.8, 4) is 11.8 Å². The molecular formula is C19H28BrNO. The van der Waals surface area contributed by atoms with E-state index in [1.54, 1.807) is 0 Å². The van der Waals surface area contributed by atoms with Gasteiger partial charge < -0.3 is 26.6 Å². The predicted octanol–water partition coefficient (Wildman–Crippen LogP) is 0.336. The Morgan fingerprint density at radius 1 is 1.05 bits per heavy atom. The molecular weight excluding hydrogens is 338 g/mol. The van der Waals surface area contributed by atoms with Crippen LogP contribution in [0.4, 0.5) is 0 Å². The maximum atomic E-state index is 8.85. The highest BCUT2D eigenvalue weighted by Gasteiger charge is 2.22. The Labute approximate surface area is 146 Å². The van der Waals surface area contributed by atoms with Gasteiger partial charge in [0.05, 0.1) is 19.6 Å². The Kier molecular flexibility index (Phi) is 11.9. The van der Waals surface area contributed by atoms with E-state index in [1.807, 2.05) is 6.07 Å². The van der Waals surface area contributed by atoms with Crippen molar-refractivity contribution in [2.75, 3.05) is 32.8 Å². The number of quaternary nitrogens is 1. The van der Waals surface area contributed by atoms with Gasteiger partial charge in [-0.3, -0.25) is 0 Å². The van der Waals surface area contributed by atoms with Gasteiger partial charge in [-0.1, -0.05) is 56.2 Å². The van der Waals surface area contributed by atoms with E-state index in [2.05, 4.69) is 62.1 Å². The summed E-state index contributed by atoms with van der Waals surface area (Å²) in [4.78, 5) is 0. The fourth-order valence-electron chi connectivity index (χ4n) is 2.72. The molecule has 0 radical (unpaired) electrons. The number of aliphatic hydroxyl groups is 1. The number of hydrogen-bond acceptors (Lipinski definition) is 1. The molecule has 0 aliphatic heterocycles. The Hall–Kier alpha value is -1.08. The first-order valence-corrected chi connectivity index (χ1v) is 7.89. The van der Waals surface area contributed by atoms with E-state index in [0.717, 1.165) is 43.5 Å². The molecule has 1 rings (SSSR count). The minimum absolute atomic E-state index is 0. The van der Waals surface area contributed by atoms with Crippen LogP contribution in [0.3, 0.4) is 0 Å². The van der Waals surface area contributed by atoms with Gasteiger partial charge in [0.25, 0.3) is 0 Å². The van der Waals surface area contributed by atoms with E-state index in [0.29, 0.717) is 0 Å². The fourth-order valence-corrected chi connectivity index (χ4v) is 2.72. The molecule has 0 unspecified atom stereocenters. The number of rotatable bonds is 8. The van der Waals surface area contributed by atoms with Crippen molar-refractivity contribution in [2.24, 2.45) is 0 Å². The lowest BCUT2D eigenvalue weighted by Gasteiger charge is -2.36. The van der Waals surface area contributed by atoms with Crippen LogP contribution in [0.1, 0.15) is 32.3 Å². The van der Waals surface area contributed by atoms with E-state index >= 15 is 0 Å². The molecule has 2 nitrogen and oxygen atoms in total. The summed E-state index contributed by atoms with van der Waals surface area (Å²) >= 11 is 0. The number of nitrogens with zero attached hydrogens (tertiary/aromatic N) is 1.